The average molecular weight is 366 g/mol. The second-order valence-electron chi connectivity index (χ2n) is 3.86. The van der Waals surface area contributed by atoms with Crippen molar-refractivity contribution in [3.8, 4) is 5.69 Å². The number of nitrogens with zero attached hydrogens (tertiary/aromatic N) is 4. The lowest BCUT2D eigenvalue weighted by molar-refractivity contribution is -0.382. The Hall–Kier alpha value is -2.03. The van der Waals surface area contributed by atoms with Crippen LogP contribution in [0.1, 0.15) is 0 Å². The van der Waals surface area contributed by atoms with Crippen LogP contribution in [0.2, 0.25) is 0 Å². The number of pyridine rings is 1. The first kappa shape index (κ1) is 12.0. The molecule has 0 saturated carbocycles. The Bertz CT molecular complexity index is 784. The van der Waals surface area contributed by atoms with Gasteiger partial charge in [0.1, 0.15) is 5.69 Å². The number of halogens is 1. The first-order chi connectivity index (χ1) is 9.16. The van der Waals surface area contributed by atoms with Gasteiger partial charge in [-0.25, -0.2) is 4.68 Å². The van der Waals surface area contributed by atoms with E-state index in [0.717, 1.165) is 3.57 Å². The van der Waals surface area contributed by atoms with E-state index in [1.165, 1.54) is 4.68 Å². The second-order valence-corrected chi connectivity index (χ2v) is 5.11. The van der Waals surface area contributed by atoms with Crippen LogP contribution in [-0.2, 0) is 0 Å². The molecule has 0 N–H and O–H groups in total. The second kappa shape index (κ2) is 4.57. The minimum Gasteiger partial charge on any atom is -0.258 e. The molecule has 0 bridgehead atoms. The third kappa shape index (κ3) is 2.05. The van der Waals surface area contributed by atoms with Crippen LogP contribution >= 0.6 is 22.6 Å². The smallest absolute Gasteiger partial charge is 0.258 e. The molecule has 0 saturated heterocycles. The van der Waals surface area contributed by atoms with Crippen molar-refractivity contribution in [1.29, 1.82) is 0 Å². The quantitative estimate of drug-likeness (QED) is 0.397. The van der Waals surface area contributed by atoms with Crippen LogP contribution in [0.15, 0.2) is 42.9 Å². The van der Waals surface area contributed by atoms with Crippen LogP contribution in [0.3, 0.4) is 0 Å². The van der Waals surface area contributed by atoms with E-state index in [9.17, 15) is 10.1 Å². The van der Waals surface area contributed by atoms with Gasteiger partial charge in [0.05, 0.1) is 25.6 Å². The Morgan fingerprint density at radius 3 is 2.84 bits per heavy atom. The molecule has 0 unspecified atom stereocenters. The molecule has 1 aromatic carbocycles. The third-order valence-electron chi connectivity index (χ3n) is 2.72. The largest absolute Gasteiger partial charge is 0.304 e. The van der Waals surface area contributed by atoms with Gasteiger partial charge < -0.3 is 0 Å². The van der Waals surface area contributed by atoms with Gasteiger partial charge in [-0.15, -0.1) is 0 Å². The normalized spacial score (nSPS) is 10.8. The highest BCUT2D eigenvalue weighted by Gasteiger charge is 2.20. The van der Waals surface area contributed by atoms with E-state index in [0.29, 0.717) is 16.6 Å². The molecule has 0 radical (unpaired) electrons. The van der Waals surface area contributed by atoms with Gasteiger partial charge in [-0.05, 0) is 46.9 Å². The van der Waals surface area contributed by atoms with Crippen LogP contribution in [0.4, 0.5) is 5.69 Å². The van der Waals surface area contributed by atoms with Crippen molar-refractivity contribution in [3.05, 3.63) is 56.5 Å². The summed E-state index contributed by atoms with van der Waals surface area (Å²) in [5, 5.41) is 16.0. The Labute approximate surface area is 121 Å². The molecule has 6 nitrogen and oxygen atoms in total. The Morgan fingerprint density at radius 1 is 1.32 bits per heavy atom. The summed E-state index contributed by atoms with van der Waals surface area (Å²) in [6.07, 6.45) is 5.01. The van der Waals surface area contributed by atoms with Gasteiger partial charge in [0.15, 0.2) is 0 Å². The highest BCUT2D eigenvalue weighted by Crippen LogP contribution is 2.30. The molecule has 2 aromatic heterocycles. The molecule has 19 heavy (non-hydrogen) atoms. The van der Waals surface area contributed by atoms with Crippen molar-refractivity contribution in [2.24, 2.45) is 0 Å². The molecule has 3 rings (SSSR count). The summed E-state index contributed by atoms with van der Waals surface area (Å²) in [6.45, 7) is 0. The number of nitro benzene ring substituents is 1. The summed E-state index contributed by atoms with van der Waals surface area (Å²) in [5.41, 5.74) is 1.05. The zero-order valence-electron chi connectivity index (χ0n) is 9.52. The summed E-state index contributed by atoms with van der Waals surface area (Å²) < 4.78 is 2.42. The summed E-state index contributed by atoms with van der Waals surface area (Å²) in [7, 11) is 0. The van der Waals surface area contributed by atoms with Crippen LogP contribution in [0.5, 0.6) is 0 Å². The first-order valence-electron chi connectivity index (χ1n) is 5.39. The standard InChI is InChI=1S/C12H7IN4O2/c13-8-6-15-16(7-8)11-4-3-10-9(2-1-5-14-10)12(11)17(18)19/h1-7H. The SMILES string of the molecule is O=[N+]([O-])c1c(-n2cc(I)cn2)ccc2ncccc12. The van der Waals surface area contributed by atoms with E-state index in [1.54, 1.807) is 42.9 Å². The molecule has 0 spiro atoms. The molecular weight excluding hydrogens is 359 g/mol. The van der Waals surface area contributed by atoms with Crippen molar-refractivity contribution in [2.45, 2.75) is 0 Å². The number of hydrogen-bond donors (Lipinski definition) is 0. The van der Waals surface area contributed by atoms with E-state index in [1.807, 2.05) is 0 Å². The summed E-state index contributed by atoms with van der Waals surface area (Å²) in [4.78, 5) is 15.1. The highest BCUT2D eigenvalue weighted by atomic mass is 127. The highest BCUT2D eigenvalue weighted by molar-refractivity contribution is 14.1. The molecule has 94 valence electrons. The fraction of sp³-hybridized carbons (Fsp3) is 0. The maximum absolute atomic E-state index is 11.4. The number of benzene rings is 1. The molecule has 0 aliphatic carbocycles. The van der Waals surface area contributed by atoms with Gasteiger partial charge >= 0.3 is 5.69 Å². The van der Waals surface area contributed by atoms with Crippen molar-refractivity contribution < 1.29 is 4.92 Å². The zero-order valence-corrected chi connectivity index (χ0v) is 11.7. The number of hydrogen-bond acceptors (Lipinski definition) is 4. The summed E-state index contributed by atoms with van der Waals surface area (Å²) >= 11 is 2.11. The van der Waals surface area contributed by atoms with E-state index < -0.39 is 4.92 Å². The monoisotopic (exact) mass is 366 g/mol. The third-order valence-corrected chi connectivity index (χ3v) is 3.27. The van der Waals surface area contributed by atoms with Crippen molar-refractivity contribution >= 4 is 39.2 Å². The van der Waals surface area contributed by atoms with Crippen molar-refractivity contribution in [2.75, 3.05) is 0 Å². The van der Waals surface area contributed by atoms with Crippen LogP contribution in [0, 0.1) is 13.7 Å². The molecule has 2 heterocycles. The van der Waals surface area contributed by atoms with Crippen LogP contribution in [0.25, 0.3) is 16.6 Å². The molecular formula is C12H7IN4O2. The van der Waals surface area contributed by atoms with Crippen molar-refractivity contribution in [1.82, 2.24) is 14.8 Å². The van der Waals surface area contributed by atoms with Gasteiger partial charge in [-0.1, -0.05) is 0 Å². The number of nitro groups is 1. The predicted octanol–water partition coefficient (Wildman–Crippen LogP) is 2.93. The predicted molar refractivity (Wildman–Crippen MR) is 78.2 cm³/mol. The number of rotatable bonds is 2. The zero-order chi connectivity index (χ0) is 13.4. The Balaban J connectivity index is 2.36. The van der Waals surface area contributed by atoms with E-state index >= 15 is 0 Å². The average Bonchev–Trinajstić information content (AvgIpc) is 2.83. The van der Waals surface area contributed by atoms with E-state index in [4.69, 9.17) is 0 Å². The van der Waals surface area contributed by atoms with E-state index in [-0.39, 0.29) is 5.69 Å². The molecule has 7 heteroatoms. The molecule has 0 aliphatic rings. The van der Waals surface area contributed by atoms with Crippen molar-refractivity contribution in [3.63, 3.8) is 0 Å². The number of aromatic nitrogens is 3. The van der Waals surface area contributed by atoms with Gasteiger partial charge in [0.2, 0.25) is 0 Å². The fourth-order valence-corrected chi connectivity index (χ4v) is 2.32. The molecule has 0 fully saturated rings. The minimum atomic E-state index is -0.395. The van der Waals surface area contributed by atoms with Gasteiger partial charge in [0, 0.05) is 12.4 Å². The number of fused-ring (bicyclic) bond motifs is 1. The van der Waals surface area contributed by atoms with E-state index in [2.05, 4.69) is 32.7 Å². The molecule has 0 aliphatic heterocycles. The lowest BCUT2D eigenvalue weighted by Crippen LogP contribution is -2.01. The fourth-order valence-electron chi connectivity index (χ4n) is 1.93. The van der Waals surface area contributed by atoms with Crippen LogP contribution in [-0.4, -0.2) is 19.7 Å². The van der Waals surface area contributed by atoms with Gasteiger partial charge in [0.25, 0.3) is 0 Å². The topological polar surface area (TPSA) is 73.8 Å². The summed E-state index contributed by atoms with van der Waals surface area (Å²) in [5.74, 6) is 0. The van der Waals surface area contributed by atoms with Gasteiger partial charge in [-0.3, -0.25) is 15.1 Å². The maximum Gasteiger partial charge on any atom is 0.304 e. The maximum atomic E-state index is 11.4. The molecule has 3 aromatic rings. The first-order valence-corrected chi connectivity index (χ1v) is 6.47. The Kier molecular flexibility index (Phi) is 2.90. The van der Waals surface area contributed by atoms with Crippen LogP contribution < -0.4 is 0 Å². The molecule has 0 amide bonds. The minimum absolute atomic E-state index is 0.0186. The Morgan fingerprint density at radius 2 is 2.16 bits per heavy atom. The lowest BCUT2D eigenvalue weighted by Gasteiger charge is -2.05. The lowest BCUT2D eigenvalue weighted by atomic mass is 10.1. The van der Waals surface area contributed by atoms with Gasteiger partial charge in [-0.2, -0.15) is 5.10 Å². The molecule has 0 atom stereocenters. The summed E-state index contributed by atoms with van der Waals surface area (Å²) in [6, 6.07) is 6.80.